The summed E-state index contributed by atoms with van der Waals surface area (Å²) >= 11 is 0. The minimum absolute atomic E-state index is 0.0431. The molecule has 0 spiro atoms. The molecule has 1 fully saturated rings. The van der Waals surface area contributed by atoms with Gasteiger partial charge in [0.05, 0.1) is 35.3 Å². The molecule has 1 aromatic heterocycles. The summed E-state index contributed by atoms with van der Waals surface area (Å²) in [4.78, 5) is 0. The minimum atomic E-state index is -2.92. The smallest absolute Gasteiger partial charge is 0.152 e. The second-order valence-electron chi connectivity index (χ2n) is 4.96. The van der Waals surface area contributed by atoms with Crippen LogP contribution in [0.15, 0.2) is 36.7 Å². The van der Waals surface area contributed by atoms with Crippen molar-refractivity contribution in [2.24, 2.45) is 0 Å². The molecular formula is C13H16N4O2S. The molecule has 1 aliphatic rings. The molecule has 1 atom stereocenters. The van der Waals surface area contributed by atoms with Crippen LogP contribution in [-0.4, -0.2) is 41.0 Å². The molecule has 0 aliphatic carbocycles. The molecule has 0 amide bonds. The molecule has 6 nitrogen and oxygen atoms in total. The zero-order valence-corrected chi connectivity index (χ0v) is 11.8. The molecule has 7 heteroatoms. The lowest BCUT2D eigenvalue weighted by molar-refractivity contribution is 0.562. The first-order valence-corrected chi connectivity index (χ1v) is 8.39. The first-order chi connectivity index (χ1) is 9.64. The third kappa shape index (κ3) is 2.82. The Morgan fingerprint density at radius 1 is 1.30 bits per heavy atom. The number of rotatable bonds is 3. The lowest BCUT2D eigenvalue weighted by atomic mass is 10.1. The minimum Gasteiger partial charge on any atom is -0.380 e. The van der Waals surface area contributed by atoms with Crippen molar-refractivity contribution in [2.75, 3.05) is 16.8 Å². The Labute approximate surface area is 117 Å². The summed E-state index contributed by atoms with van der Waals surface area (Å²) in [5, 5.41) is 11.1. The number of hydrogen-bond acceptors (Lipinski definition) is 5. The fourth-order valence-corrected chi connectivity index (χ4v) is 4.12. The lowest BCUT2D eigenvalue weighted by Gasteiger charge is -2.25. The van der Waals surface area contributed by atoms with Gasteiger partial charge in [0, 0.05) is 6.04 Å². The molecule has 2 aromatic rings. The van der Waals surface area contributed by atoms with Crippen LogP contribution in [0.4, 0.5) is 5.69 Å². The van der Waals surface area contributed by atoms with Crippen LogP contribution >= 0.6 is 0 Å². The molecular weight excluding hydrogens is 276 g/mol. The van der Waals surface area contributed by atoms with Gasteiger partial charge in [-0.2, -0.15) is 0 Å². The van der Waals surface area contributed by atoms with E-state index in [9.17, 15) is 8.42 Å². The van der Waals surface area contributed by atoms with Crippen molar-refractivity contribution >= 4 is 15.5 Å². The van der Waals surface area contributed by atoms with Crippen molar-refractivity contribution in [1.29, 1.82) is 0 Å². The number of aromatic nitrogens is 3. The normalized spacial score (nSPS) is 21.5. The molecule has 0 radical (unpaired) electrons. The fourth-order valence-electron chi connectivity index (χ4n) is 2.49. The zero-order valence-electron chi connectivity index (χ0n) is 10.9. The predicted molar refractivity (Wildman–Crippen MR) is 76.7 cm³/mol. The van der Waals surface area contributed by atoms with Gasteiger partial charge in [-0.3, -0.25) is 0 Å². The molecule has 2 heterocycles. The Morgan fingerprint density at radius 2 is 2.15 bits per heavy atom. The number of benzene rings is 1. The van der Waals surface area contributed by atoms with Crippen molar-refractivity contribution in [3.63, 3.8) is 0 Å². The highest BCUT2D eigenvalue weighted by Crippen LogP contribution is 2.23. The molecule has 1 saturated heterocycles. The molecule has 0 saturated carbocycles. The maximum Gasteiger partial charge on any atom is 0.152 e. The number of nitrogens with one attached hydrogen (secondary N) is 1. The topological polar surface area (TPSA) is 76.9 Å². The van der Waals surface area contributed by atoms with E-state index < -0.39 is 9.84 Å². The molecule has 3 rings (SSSR count). The Kier molecular flexibility index (Phi) is 3.43. The van der Waals surface area contributed by atoms with Crippen LogP contribution in [0, 0.1) is 0 Å². The zero-order chi connectivity index (χ0) is 14.0. The van der Waals surface area contributed by atoms with E-state index >= 15 is 0 Å². The van der Waals surface area contributed by atoms with Gasteiger partial charge in [-0.25, -0.2) is 13.1 Å². The summed E-state index contributed by atoms with van der Waals surface area (Å²) in [6.45, 7) is 0. The second kappa shape index (κ2) is 5.24. The van der Waals surface area contributed by atoms with Gasteiger partial charge in [0.2, 0.25) is 0 Å². The maximum atomic E-state index is 11.7. The molecule has 20 heavy (non-hydrogen) atoms. The highest BCUT2D eigenvalue weighted by atomic mass is 32.2. The van der Waals surface area contributed by atoms with Gasteiger partial charge in [-0.1, -0.05) is 17.3 Å². The van der Waals surface area contributed by atoms with E-state index in [1.165, 1.54) is 0 Å². The van der Waals surface area contributed by atoms with E-state index in [1.54, 1.807) is 17.1 Å². The SMILES string of the molecule is O=S1(=O)CCCC(Nc2ccccc2-n2ccnn2)C1. The van der Waals surface area contributed by atoms with E-state index in [-0.39, 0.29) is 11.8 Å². The molecule has 0 bridgehead atoms. The van der Waals surface area contributed by atoms with E-state index in [4.69, 9.17) is 0 Å². The number of hydrogen-bond donors (Lipinski definition) is 1. The van der Waals surface area contributed by atoms with Crippen LogP contribution in [0.25, 0.3) is 5.69 Å². The highest BCUT2D eigenvalue weighted by molar-refractivity contribution is 7.91. The van der Waals surface area contributed by atoms with Crippen molar-refractivity contribution in [3.8, 4) is 5.69 Å². The van der Waals surface area contributed by atoms with E-state index in [0.29, 0.717) is 12.2 Å². The van der Waals surface area contributed by atoms with Crippen LogP contribution in [0.2, 0.25) is 0 Å². The van der Waals surface area contributed by atoms with Gasteiger partial charge in [-0.05, 0) is 25.0 Å². The molecule has 1 aliphatic heterocycles. The molecule has 1 N–H and O–H groups in total. The fraction of sp³-hybridized carbons (Fsp3) is 0.385. The summed E-state index contributed by atoms with van der Waals surface area (Å²) < 4.78 is 25.1. The Bertz CT molecular complexity index is 682. The van der Waals surface area contributed by atoms with Crippen molar-refractivity contribution in [2.45, 2.75) is 18.9 Å². The molecule has 1 unspecified atom stereocenters. The third-order valence-corrected chi connectivity index (χ3v) is 5.22. The monoisotopic (exact) mass is 292 g/mol. The average Bonchev–Trinajstić information content (AvgIpc) is 2.92. The van der Waals surface area contributed by atoms with Crippen LogP contribution in [0.5, 0.6) is 0 Å². The Morgan fingerprint density at radius 3 is 2.90 bits per heavy atom. The summed E-state index contributed by atoms with van der Waals surface area (Å²) in [7, 11) is -2.92. The summed E-state index contributed by atoms with van der Waals surface area (Å²) in [6, 6.07) is 7.64. The van der Waals surface area contributed by atoms with Gasteiger partial charge in [0.15, 0.2) is 9.84 Å². The van der Waals surface area contributed by atoms with Crippen molar-refractivity contribution in [1.82, 2.24) is 15.0 Å². The van der Waals surface area contributed by atoms with Gasteiger partial charge >= 0.3 is 0 Å². The van der Waals surface area contributed by atoms with Gasteiger partial charge in [-0.15, -0.1) is 5.10 Å². The summed E-state index contributed by atoms with van der Waals surface area (Å²) in [6.07, 6.45) is 4.95. The average molecular weight is 292 g/mol. The van der Waals surface area contributed by atoms with E-state index in [0.717, 1.165) is 17.8 Å². The van der Waals surface area contributed by atoms with Crippen LogP contribution in [0.3, 0.4) is 0 Å². The van der Waals surface area contributed by atoms with Crippen molar-refractivity contribution < 1.29 is 8.42 Å². The van der Waals surface area contributed by atoms with Gasteiger partial charge in [0.1, 0.15) is 0 Å². The largest absolute Gasteiger partial charge is 0.380 e. The first-order valence-electron chi connectivity index (χ1n) is 6.57. The third-order valence-electron chi connectivity index (χ3n) is 3.40. The lowest BCUT2D eigenvalue weighted by Crippen LogP contribution is -2.35. The number of anilines is 1. The Hall–Kier alpha value is -1.89. The Balaban J connectivity index is 1.85. The number of nitrogens with zero attached hydrogens (tertiary/aromatic N) is 3. The summed E-state index contributed by atoms with van der Waals surface area (Å²) in [5.74, 6) is 0.495. The second-order valence-corrected chi connectivity index (χ2v) is 7.19. The quantitative estimate of drug-likeness (QED) is 0.921. The van der Waals surface area contributed by atoms with Crippen LogP contribution < -0.4 is 5.32 Å². The molecule has 106 valence electrons. The summed E-state index contributed by atoms with van der Waals surface area (Å²) in [5.41, 5.74) is 1.74. The van der Waals surface area contributed by atoms with E-state index in [2.05, 4.69) is 15.6 Å². The number of sulfone groups is 1. The van der Waals surface area contributed by atoms with Crippen molar-refractivity contribution in [3.05, 3.63) is 36.7 Å². The maximum absolute atomic E-state index is 11.7. The highest BCUT2D eigenvalue weighted by Gasteiger charge is 2.25. The van der Waals surface area contributed by atoms with E-state index in [1.807, 2.05) is 24.3 Å². The van der Waals surface area contributed by atoms with Gasteiger partial charge in [0.25, 0.3) is 0 Å². The van der Waals surface area contributed by atoms with Gasteiger partial charge < -0.3 is 5.32 Å². The van der Waals surface area contributed by atoms with Crippen LogP contribution in [0.1, 0.15) is 12.8 Å². The van der Waals surface area contributed by atoms with Crippen LogP contribution in [-0.2, 0) is 9.84 Å². The number of para-hydroxylation sites is 2. The molecule has 1 aromatic carbocycles. The predicted octanol–water partition coefficient (Wildman–Crippen LogP) is 1.26. The first kappa shape index (κ1) is 13.1. The standard InChI is InChI=1S/C13H16N4O2S/c18-20(19)9-3-4-11(10-20)15-12-5-1-2-6-13(12)17-8-7-14-16-17/h1-2,5-8,11,15H,3-4,9-10H2.